The standard InChI is InChI=1S/C63H75NO17Si/c1-12-82(13-2,14-3)81-47-33-48-62(36-75-48,80-39(6)66)53-55(79-57(68)42-28-22-17-23-29-42)63(71)34-46(37(4)49(60(63,7)8)51(76-38(5)65)54(67)61(47,53)9)77-58(69)52-50(41-26-20-16-21-27-41)64(59(70)74-35-40-24-18-15-19-25-40)56(78-52)44-31-30-43(72-10)32-45(44)73-11/h15-32,47-53,55-56,71H,12-14,33-36H2,1-11H3/t47-,48+,49?,50-,51+,52+,53-,55-,56-,61+,62-,63+/m0/s1. The summed E-state index contributed by atoms with van der Waals surface area (Å²) >= 11 is 0. The highest BCUT2D eigenvalue weighted by molar-refractivity contribution is 6.73. The van der Waals surface area contributed by atoms with Gasteiger partial charge in [-0.3, -0.25) is 19.3 Å². The molecule has 1 N–H and O–H groups in total. The first kappa shape index (κ1) is 59.7. The molecule has 0 spiro atoms. The number of ketones is 1. The third kappa shape index (κ3) is 10.3. The summed E-state index contributed by atoms with van der Waals surface area (Å²) in [6, 6.07) is 31.7. The molecule has 4 fully saturated rings. The van der Waals surface area contributed by atoms with Crippen molar-refractivity contribution in [1.29, 1.82) is 0 Å². The molecule has 0 aromatic heterocycles. The van der Waals surface area contributed by atoms with Gasteiger partial charge in [0.15, 0.2) is 38.1 Å². The topological polar surface area (TPSA) is 218 Å². The highest BCUT2D eigenvalue weighted by Crippen LogP contribution is 2.66. The van der Waals surface area contributed by atoms with Gasteiger partial charge in [0.2, 0.25) is 0 Å². The minimum absolute atomic E-state index is 0.0707. The van der Waals surface area contributed by atoms with Gasteiger partial charge >= 0.3 is 30.0 Å². The number of aliphatic hydroxyl groups is 1. The summed E-state index contributed by atoms with van der Waals surface area (Å²) < 4.78 is 64.1. The summed E-state index contributed by atoms with van der Waals surface area (Å²) in [5.74, 6) is -6.27. The number of hydrogen-bond donors (Lipinski definition) is 1. The molecule has 18 nitrogen and oxygen atoms in total. The van der Waals surface area contributed by atoms with Gasteiger partial charge in [-0.15, -0.1) is 0 Å². The third-order valence-corrected chi connectivity index (χ3v) is 23.1. The molecular weight excluding hydrogens is 1070 g/mol. The lowest BCUT2D eigenvalue weighted by atomic mass is 9.43. The number of amides is 1. The molecule has 1 unspecified atom stereocenters. The first-order valence-electron chi connectivity index (χ1n) is 28.1. The molecule has 2 saturated heterocycles. The Morgan fingerprint density at radius 1 is 0.805 bits per heavy atom. The summed E-state index contributed by atoms with van der Waals surface area (Å²) in [5, 5.41) is 14.5. The van der Waals surface area contributed by atoms with E-state index in [1.54, 1.807) is 119 Å². The lowest BCUT2D eigenvalue weighted by Crippen LogP contribution is -2.82. The number of esters is 4. The number of benzene rings is 4. The minimum Gasteiger partial charge on any atom is -0.497 e. The Kier molecular flexibility index (Phi) is 17.0. The molecular formula is C63H75NO17Si. The van der Waals surface area contributed by atoms with Crippen molar-refractivity contribution in [3.8, 4) is 11.5 Å². The van der Waals surface area contributed by atoms with Crippen LogP contribution in [0.25, 0.3) is 0 Å². The van der Waals surface area contributed by atoms with Crippen molar-refractivity contribution in [3.05, 3.63) is 143 Å². The van der Waals surface area contributed by atoms with Gasteiger partial charge < -0.3 is 52.2 Å². The molecule has 2 bridgehead atoms. The zero-order valence-electron chi connectivity index (χ0n) is 48.5. The number of nitrogens with zero attached hydrogens (tertiary/aromatic N) is 1. The summed E-state index contributed by atoms with van der Waals surface area (Å²) in [5.41, 5.74) is -5.69. The Morgan fingerprint density at radius 2 is 1.44 bits per heavy atom. The van der Waals surface area contributed by atoms with Gasteiger partial charge in [-0.1, -0.05) is 113 Å². The number of Topliss-reactive ketones (excluding diaryl/α,β-unsaturated/α-hetero) is 1. The fourth-order valence-corrected chi connectivity index (χ4v) is 16.7. The molecule has 12 atom stereocenters. The van der Waals surface area contributed by atoms with Gasteiger partial charge in [0.1, 0.15) is 47.7 Å². The minimum atomic E-state index is -2.68. The van der Waals surface area contributed by atoms with E-state index in [2.05, 4.69) is 0 Å². The molecule has 4 aromatic rings. The first-order valence-corrected chi connectivity index (χ1v) is 30.6. The van der Waals surface area contributed by atoms with Crippen molar-refractivity contribution >= 4 is 44.1 Å². The second-order valence-electron chi connectivity index (χ2n) is 22.9. The third-order valence-electron chi connectivity index (χ3n) is 18.4. The van der Waals surface area contributed by atoms with E-state index in [1.165, 1.54) is 33.0 Å². The zero-order chi connectivity index (χ0) is 59.1. The maximum absolute atomic E-state index is 16.7. The first-order chi connectivity index (χ1) is 39.1. The molecule has 2 saturated carbocycles. The smallest absolute Gasteiger partial charge is 0.413 e. The summed E-state index contributed by atoms with van der Waals surface area (Å²) in [4.78, 5) is 90.8. The van der Waals surface area contributed by atoms with Crippen LogP contribution in [-0.2, 0) is 63.4 Å². The van der Waals surface area contributed by atoms with Crippen molar-refractivity contribution in [2.75, 3.05) is 20.8 Å². The molecule has 2 heterocycles. The Balaban J connectivity index is 1.23. The zero-order valence-corrected chi connectivity index (χ0v) is 49.5. The Labute approximate surface area is 479 Å². The summed E-state index contributed by atoms with van der Waals surface area (Å²) in [6.07, 6.45) is -9.69. The van der Waals surface area contributed by atoms with E-state index >= 15 is 9.59 Å². The highest BCUT2D eigenvalue weighted by atomic mass is 28.4. The molecule has 3 aliphatic carbocycles. The molecule has 9 rings (SSSR count). The van der Waals surface area contributed by atoms with E-state index in [9.17, 15) is 24.3 Å². The van der Waals surface area contributed by atoms with Crippen LogP contribution in [0.2, 0.25) is 18.1 Å². The molecule has 19 heteroatoms. The second kappa shape index (κ2) is 23.4. The number of rotatable bonds is 17. The van der Waals surface area contributed by atoms with Gasteiger partial charge in [0.25, 0.3) is 0 Å². The van der Waals surface area contributed by atoms with E-state index in [1.807, 2.05) is 39.0 Å². The van der Waals surface area contributed by atoms with Crippen LogP contribution in [0.4, 0.5) is 4.79 Å². The number of carbonyl (C=O) groups is 6. The van der Waals surface area contributed by atoms with Crippen molar-refractivity contribution < 1.29 is 80.9 Å². The van der Waals surface area contributed by atoms with Gasteiger partial charge in [-0.25, -0.2) is 14.4 Å². The molecule has 82 heavy (non-hydrogen) atoms. The molecule has 0 radical (unpaired) electrons. The number of fused-ring (bicyclic) bond motifs is 5. The fourth-order valence-electron chi connectivity index (χ4n) is 13.8. The maximum Gasteiger partial charge on any atom is 0.413 e. The SMILES string of the molecule is CC[Si](CC)(CC)O[C@H]1C[C@H]2OC[C@@]2(OC(C)=O)[C@H]2[C@H](OC(=O)c3ccccc3)[C@]3(O)CC(OC(=O)[C@@H]4O[C@@H](c5ccc(OC)cc5OC)N(C(=O)OCc5ccccc5)[C@H]4c4ccccc4)=C(C)C([C@@H](OC(C)=O)C(=O)[C@]12C)C3(C)C. The molecule has 1 amide bonds. The number of hydrogen-bond acceptors (Lipinski definition) is 17. The van der Waals surface area contributed by atoms with Gasteiger partial charge in [-0.05, 0) is 72.9 Å². The monoisotopic (exact) mass is 1150 g/mol. The van der Waals surface area contributed by atoms with Crippen molar-refractivity contribution in [1.82, 2.24) is 4.90 Å². The van der Waals surface area contributed by atoms with E-state index in [-0.39, 0.29) is 42.3 Å². The van der Waals surface area contributed by atoms with Crippen LogP contribution in [0.1, 0.15) is 114 Å². The van der Waals surface area contributed by atoms with Crippen LogP contribution < -0.4 is 9.47 Å². The highest BCUT2D eigenvalue weighted by Gasteiger charge is 2.79. The van der Waals surface area contributed by atoms with Crippen LogP contribution in [0.15, 0.2) is 121 Å². The van der Waals surface area contributed by atoms with Crippen molar-refractivity contribution in [2.24, 2.45) is 22.7 Å². The fraction of sp³-hybridized carbons (Fsp3) is 0.492. The van der Waals surface area contributed by atoms with Crippen LogP contribution in [0.5, 0.6) is 11.5 Å². The number of methoxy groups -OCH3 is 2. The molecule has 438 valence electrons. The molecule has 4 aromatic carbocycles. The van der Waals surface area contributed by atoms with Crippen LogP contribution in [-0.4, -0.2) is 117 Å². The lowest BCUT2D eigenvalue weighted by Gasteiger charge is -2.68. The summed E-state index contributed by atoms with van der Waals surface area (Å²) in [6.45, 7) is 14.9. The molecule has 2 aliphatic heterocycles. The predicted octanol–water partition coefficient (Wildman–Crippen LogP) is 9.93. The summed E-state index contributed by atoms with van der Waals surface area (Å²) in [7, 11) is 0.263. The number of carbonyl (C=O) groups excluding carboxylic acids is 6. The number of ether oxygens (including phenoxy) is 9. The average Bonchev–Trinajstić information content (AvgIpc) is 0.851. The lowest BCUT2D eigenvalue weighted by molar-refractivity contribution is -0.348. The quantitative estimate of drug-likeness (QED) is 0.0591. The Bertz CT molecular complexity index is 3070. The Hall–Kier alpha value is -6.90. The Morgan fingerprint density at radius 3 is 2.01 bits per heavy atom. The normalized spacial score (nSPS) is 30.0. The second-order valence-corrected chi connectivity index (χ2v) is 27.7. The van der Waals surface area contributed by atoms with E-state index < -0.39 is 127 Å². The van der Waals surface area contributed by atoms with E-state index in [0.29, 0.717) is 40.6 Å². The van der Waals surface area contributed by atoms with E-state index in [4.69, 9.17) is 47.1 Å². The van der Waals surface area contributed by atoms with Gasteiger partial charge in [-0.2, -0.15) is 0 Å². The molecule has 5 aliphatic rings. The van der Waals surface area contributed by atoms with Crippen molar-refractivity contribution in [2.45, 2.75) is 154 Å². The van der Waals surface area contributed by atoms with Crippen LogP contribution >= 0.6 is 0 Å². The predicted molar refractivity (Wildman–Crippen MR) is 299 cm³/mol. The maximum atomic E-state index is 16.7. The average molecular weight is 1150 g/mol. The van der Waals surface area contributed by atoms with Crippen LogP contribution in [0.3, 0.4) is 0 Å². The van der Waals surface area contributed by atoms with E-state index in [0.717, 1.165) is 0 Å². The van der Waals surface area contributed by atoms with Gasteiger partial charge in [0, 0.05) is 49.7 Å². The van der Waals surface area contributed by atoms with Crippen molar-refractivity contribution in [3.63, 3.8) is 0 Å². The van der Waals surface area contributed by atoms with Crippen LogP contribution in [0, 0.1) is 22.7 Å². The van der Waals surface area contributed by atoms with Gasteiger partial charge in [0.05, 0.1) is 43.8 Å². The largest absolute Gasteiger partial charge is 0.497 e.